The van der Waals surface area contributed by atoms with Crippen molar-refractivity contribution in [1.82, 2.24) is 10.2 Å². The monoisotopic (exact) mass is 322 g/mol. The number of rotatable bonds is 6. The Bertz CT molecular complexity index is 566. The summed E-state index contributed by atoms with van der Waals surface area (Å²) in [5, 5.41) is 5.05. The van der Waals surface area contributed by atoms with Crippen molar-refractivity contribution in [3.05, 3.63) is 57.8 Å². The van der Waals surface area contributed by atoms with E-state index in [0.717, 1.165) is 5.56 Å². The number of likely N-dealkylation sites (N-methyl/N-ethyl adjacent to an activating group) is 1. The Hall–Kier alpha value is -1.36. The molecule has 21 heavy (non-hydrogen) atoms. The molecular weight excluding hydrogens is 304 g/mol. The van der Waals surface area contributed by atoms with Crippen molar-refractivity contribution in [3.8, 4) is 0 Å². The number of benzene rings is 1. The van der Waals surface area contributed by atoms with Gasteiger partial charge in [0.05, 0.1) is 6.04 Å². The SMILES string of the molecule is CN(C)C(CNC(=O)c1ccc(CCl)cc1)c1cccs1. The van der Waals surface area contributed by atoms with Crippen LogP contribution in [0.25, 0.3) is 0 Å². The van der Waals surface area contributed by atoms with Gasteiger partial charge in [-0.1, -0.05) is 18.2 Å². The first kappa shape index (κ1) is 16.0. The highest BCUT2D eigenvalue weighted by Gasteiger charge is 2.16. The van der Waals surface area contributed by atoms with E-state index in [0.29, 0.717) is 18.0 Å². The number of hydrogen-bond acceptors (Lipinski definition) is 3. The first-order valence-electron chi connectivity index (χ1n) is 6.74. The fraction of sp³-hybridized carbons (Fsp3) is 0.312. The van der Waals surface area contributed by atoms with Crippen molar-refractivity contribution in [2.75, 3.05) is 20.6 Å². The number of halogens is 1. The van der Waals surface area contributed by atoms with Crippen LogP contribution in [0.1, 0.15) is 26.8 Å². The molecule has 0 fully saturated rings. The van der Waals surface area contributed by atoms with Gasteiger partial charge < -0.3 is 10.2 Å². The molecule has 5 heteroatoms. The molecule has 1 amide bonds. The van der Waals surface area contributed by atoms with Crippen LogP contribution in [0.4, 0.5) is 0 Å². The van der Waals surface area contributed by atoms with Gasteiger partial charge in [0.2, 0.25) is 0 Å². The number of thiophene rings is 1. The van der Waals surface area contributed by atoms with Gasteiger partial charge in [-0.05, 0) is 43.2 Å². The summed E-state index contributed by atoms with van der Waals surface area (Å²) >= 11 is 7.45. The van der Waals surface area contributed by atoms with Crippen molar-refractivity contribution >= 4 is 28.8 Å². The van der Waals surface area contributed by atoms with Gasteiger partial charge in [-0.15, -0.1) is 22.9 Å². The minimum atomic E-state index is -0.0560. The van der Waals surface area contributed by atoms with Crippen molar-refractivity contribution in [2.45, 2.75) is 11.9 Å². The number of carbonyl (C=O) groups excluding carboxylic acids is 1. The molecule has 0 aliphatic rings. The summed E-state index contributed by atoms with van der Waals surface area (Å²) in [6.07, 6.45) is 0. The van der Waals surface area contributed by atoms with Crippen LogP contribution in [0.15, 0.2) is 41.8 Å². The van der Waals surface area contributed by atoms with Crippen LogP contribution in [0, 0.1) is 0 Å². The molecule has 0 spiro atoms. The number of hydrogen-bond donors (Lipinski definition) is 1. The average Bonchev–Trinajstić information content (AvgIpc) is 3.01. The zero-order valence-electron chi connectivity index (χ0n) is 12.2. The molecule has 1 heterocycles. The summed E-state index contributed by atoms with van der Waals surface area (Å²) in [7, 11) is 4.04. The normalized spacial score (nSPS) is 12.4. The Morgan fingerprint density at radius 1 is 1.29 bits per heavy atom. The topological polar surface area (TPSA) is 32.3 Å². The zero-order valence-corrected chi connectivity index (χ0v) is 13.7. The zero-order chi connectivity index (χ0) is 15.2. The van der Waals surface area contributed by atoms with Crippen molar-refractivity contribution < 1.29 is 4.79 Å². The van der Waals surface area contributed by atoms with Crippen LogP contribution in [0.5, 0.6) is 0 Å². The van der Waals surface area contributed by atoms with Gasteiger partial charge in [0, 0.05) is 22.9 Å². The molecule has 1 aromatic heterocycles. The first-order chi connectivity index (χ1) is 10.1. The van der Waals surface area contributed by atoms with Gasteiger partial charge in [-0.3, -0.25) is 4.79 Å². The number of alkyl halides is 1. The average molecular weight is 323 g/mol. The van der Waals surface area contributed by atoms with E-state index in [9.17, 15) is 4.79 Å². The molecule has 0 radical (unpaired) electrons. The third kappa shape index (κ3) is 4.30. The molecule has 1 aromatic carbocycles. The van der Waals surface area contributed by atoms with Crippen LogP contribution < -0.4 is 5.32 Å². The highest BCUT2D eigenvalue weighted by molar-refractivity contribution is 7.10. The van der Waals surface area contributed by atoms with Crippen molar-refractivity contribution in [2.24, 2.45) is 0 Å². The Kier molecular flexibility index (Phi) is 5.79. The number of amides is 1. The van der Waals surface area contributed by atoms with Crippen LogP contribution in [0.3, 0.4) is 0 Å². The summed E-state index contributed by atoms with van der Waals surface area (Å²) in [5.41, 5.74) is 1.67. The van der Waals surface area contributed by atoms with Crippen LogP contribution >= 0.6 is 22.9 Å². The predicted molar refractivity (Wildman–Crippen MR) is 89.1 cm³/mol. The van der Waals surface area contributed by atoms with E-state index in [1.807, 2.05) is 44.4 Å². The van der Waals surface area contributed by atoms with Crippen LogP contribution in [-0.4, -0.2) is 31.4 Å². The lowest BCUT2D eigenvalue weighted by Gasteiger charge is -2.23. The molecular formula is C16H19ClN2OS. The first-order valence-corrected chi connectivity index (χ1v) is 8.16. The molecule has 0 saturated carbocycles. The maximum atomic E-state index is 12.2. The van der Waals surface area contributed by atoms with E-state index in [2.05, 4.69) is 21.7 Å². The molecule has 1 atom stereocenters. The molecule has 1 unspecified atom stereocenters. The molecule has 1 N–H and O–H groups in total. The minimum absolute atomic E-state index is 0.0560. The summed E-state index contributed by atoms with van der Waals surface area (Å²) < 4.78 is 0. The molecule has 0 saturated heterocycles. The van der Waals surface area contributed by atoms with E-state index in [1.165, 1.54) is 4.88 Å². The maximum absolute atomic E-state index is 12.2. The molecule has 2 aromatic rings. The highest BCUT2D eigenvalue weighted by Crippen LogP contribution is 2.22. The molecule has 112 valence electrons. The summed E-state index contributed by atoms with van der Waals surface area (Å²) in [6.45, 7) is 0.587. The van der Waals surface area contributed by atoms with Crippen molar-refractivity contribution in [3.63, 3.8) is 0 Å². The van der Waals surface area contributed by atoms with Gasteiger partial charge in [0.15, 0.2) is 0 Å². The predicted octanol–water partition coefficient (Wildman–Crippen LogP) is 3.52. The quantitative estimate of drug-likeness (QED) is 0.825. The summed E-state index contributed by atoms with van der Waals surface area (Å²) in [6, 6.07) is 11.7. The number of carbonyl (C=O) groups is 1. The Balaban J connectivity index is 1.98. The number of nitrogens with zero attached hydrogens (tertiary/aromatic N) is 1. The standard InChI is InChI=1S/C16H19ClN2OS/c1-19(2)14(15-4-3-9-21-15)11-18-16(20)13-7-5-12(10-17)6-8-13/h3-9,14H,10-11H2,1-2H3,(H,18,20). The van der Waals surface area contributed by atoms with E-state index >= 15 is 0 Å². The lowest BCUT2D eigenvalue weighted by Crippen LogP contribution is -2.34. The second-order valence-electron chi connectivity index (χ2n) is 5.04. The van der Waals surface area contributed by atoms with Crippen LogP contribution in [0.2, 0.25) is 0 Å². The molecule has 3 nitrogen and oxygen atoms in total. The highest BCUT2D eigenvalue weighted by atomic mass is 35.5. The molecule has 0 bridgehead atoms. The van der Waals surface area contributed by atoms with Gasteiger partial charge in [-0.2, -0.15) is 0 Å². The lowest BCUT2D eigenvalue weighted by molar-refractivity contribution is 0.0942. The Morgan fingerprint density at radius 2 is 2.00 bits per heavy atom. The maximum Gasteiger partial charge on any atom is 0.251 e. The molecule has 2 rings (SSSR count). The second kappa shape index (κ2) is 7.59. The Morgan fingerprint density at radius 3 is 2.52 bits per heavy atom. The van der Waals surface area contributed by atoms with Crippen LogP contribution in [-0.2, 0) is 5.88 Å². The third-order valence-electron chi connectivity index (χ3n) is 3.32. The smallest absolute Gasteiger partial charge is 0.251 e. The van der Waals surface area contributed by atoms with Gasteiger partial charge in [0.25, 0.3) is 5.91 Å². The van der Waals surface area contributed by atoms with E-state index in [-0.39, 0.29) is 11.9 Å². The number of nitrogens with one attached hydrogen (secondary N) is 1. The summed E-state index contributed by atoms with van der Waals surface area (Å²) in [4.78, 5) is 15.5. The fourth-order valence-electron chi connectivity index (χ4n) is 2.06. The second-order valence-corrected chi connectivity index (χ2v) is 6.28. The van der Waals surface area contributed by atoms with Gasteiger partial charge in [-0.25, -0.2) is 0 Å². The largest absolute Gasteiger partial charge is 0.350 e. The third-order valence-corrected chi connectivity index (χ3v) is 4.60. The van der Waals surface area contributed by atoms with E-state index in [1.54, 1.807) is 11.3 Å². The van der Waals surface area contributed by atoms with Gasteiger partial charge in [0.1, 0.15) is 0 Å². The van der Waals surface area contributed by atoms with Crippen molar-refractivity contribution in [1.29, 1.82) is 0 Å². The lowest BCUT2D eigenvalue weighted by atomic mass is 10.1. The molecule has 0 aliphatic heterocycles. The minimum Gasteiger partial charge on any atom is -0.350 e. The van der Waals surface area contributed by atoms with Gasteiger partial charge >= 0.3 is 0 Å². The van der Waals surface area contributed by atoms with E-state index in [4.69, 9.17) is 11.6 Å². The Labute approximate surface area is 134 Å². The van der Waals surface area contributed by atoms with E-state index < -0.39 is 0 Å². The molecule has 0 aliphatic carbocycles. The summed E-state index contributed by atoms with van der Waals surface area (Å²) in [5.74, 6) is 0.405. The fourth-order valence-corrected chi connectivity index (χ4v) is 3.16.